The Morgan fingerprint density at radius 3 is 2.39 bits per heavy atom. The fourth-order valence-corrected chi connectivity index (χ4v) is 5.56. The van der Waals surface area contributed by atoms with E-state index >= 15 is 0 Å². The molecule has 3 aliphatic carbocycles. The number of hydrogen-bond donors (Lipinski definition) is 3. The van der Waals surface area contributed by atoms with Gasteiger partial charge in [0.2, 0.25) is 0 Å². The van der Waals surface area contributed by atoms with E-state index in [1.54, 1.807) is 0 Å². The maximum atomic E-state index is 11.2. The first-order valence-corrected chi connectivity index (χ1v) is 6.92. The lowest BCUT2D eigenvalue weighted by Gasteiger charge is -2.42. The van der Waals surface area contributed by atoms with Crippen molar-refractivity contribution in [3.63, 3.8) is 0 Å². The van der Waals surface area contributed by atoms with Crippen LogP contribution in [-0.2, 0) is 0 Å². The second-order valence-electron chi connectivity index (χ2n) is 7.63. The highest BCUT2D eigenvalue weighted by molar-refractivity contribution is 5.35. The Morgan fingerprint density at radius 1 is 1.17 bits per heavy atom. The summed E-state index contributed by atoms with van der Waals surface area (Å²) in [5.74, 6) is 0.0870. The van der Waals surface area contributed by atoms with Gasteiger partial charge in [-0.2, -0.15) is 0 Å². The maximum absolute atomic E-state index is 11.2. The van der Waals surface area contributed by atoms with Gasteiger partial charge in [-0.05, 0) is 41.6 Å². The fourth-order valence-electron chi connectivity index (χ4n) is 5.56. The second-order valence-corrected chi connectivity index (χ2v) is 7.63. The first-order valence-electron chi connectivity index (χ1n) is 6.92. The van der Waals surface area contributed by atoms with E-state index in [1.165, 1.54) is 0 Å². The zero-order chi connectivity index (χ0) is 13.5. The minimum atomic E-state index is -0.991. The average Bonchev–Trinajstić information content (AvgIpc) is 2.64. The zero-order valence-electron chi connectivity index (χ0n) is 11.5. The Balaban J connectivity index is 2.12. The molecular weight excluding hydrogens is 228 g/mol. The van der Waals surface area contributed by atoms with Gasteiger partial charge >= 0.3 is 0 Å². The van der Waals surface area contributed by atoms with Crippen LogP contribution in [0.3, 0.4) is 0 Å². The topological polar surface area (TPSA) is 60.7 Å². The van der Waals surface area contributed by atoms with E-state index in [-0.39, 0.29) is 28.8 Å². The molecular formula is C15H24O3. The van der Waals surface area contributed by atoms with Gasteiger partial charge in [-0.1, -0.05) is 27.4 Å². The lowest BCUT2D eigenvalue weighted by molar-refractivity contribution is -0.0627. The van der Waals surface area contributed by atoms with Crippen molar-refractivity contribution in [2.75, 3.05) is 0 Å². The SMILES string of the molecule is C=C1C(O)CC2CC3(C)CC(O)C(C)(C)C3C12O. The van der Waals surface area contributed by atoms with Crippen LogP contribution in [0.25, 0.3) is 0 Å². The normalized spacial score (nSPS) is 57.8. The highest BCUT2D eigenvalue weighted by atomic mass is 16.3. The minimum absolute atomic E-state index is 0.0119. The molecule has 0 aromatic heterocycles. The molecule has 3 rings (SSSR count). The summed E-state index contributed by atoms with van der Waals surface area (Å²) < 4.78 is 0. The predicted octanol–water partition coefficient (Wildman–Crippen LogP) is 1.47. The van der Waals surface area contributed by atoms with Gasteiger partial charge < -0.3 is 15.3 Å². The van der Waals surface area contributed by atoms with Gasteiger partial charge in [-0.25, -0.2) is 0 Å². The molecule has 0 amide bonds. The summed E-state index contributed by atoms with van der Waals surface area (Å²) in [6.45, 7) is 10.2. The first-order chi connectivity index (χ1) is 8.14. The van der Waals surface area contributed by atoms with Gasteiger partial charge in [0.25, 0.3) is 0 Å². The van der Waals surface area contributed by atoms with E-state index in [4.69, 9.17) is 0 Å². The molecule has 0 saturated heterocycles. The maximum Gasteiger partial charge on any atom is 0.0947 e. The highest BCUT2D eigenvalue weighted by Crippen LogP contribution is 2.71. The Hall–Kier alpha value is -0.380. The van der Waals surface area contributed by atoms with Crippen LogP contribution in [0.1, 0.15) is 40.0 Å². The molecule has 6 atom stereocenters. The van der Waals surface area contributed by atoms with Gasteiger partial charge in [0.1, 0.15) is 0 Å². The van der Waals surface area contributed by atoms with E-state index in [0.29, 0.717) is 12.0 Å². The molecule has 0 aliphatic heterocycles. The van der Waals surface area contributed by atoms with Crippen molar-refractivity contribution < 1.29 is 15.3 Å². The Morgan fingerprint density at radius 2 is 1.78 bits per heavy atom. The Bertz CT molecular complexity index is 416. The number of fused-ring (bicyclic) bond motifs is 3. The monoisotopic (exact) mass is 252 g/mol. The number of aliphatic hydroxyl groups excluding tert-OH is 2. The second kappa shape index (κ2) is 3.20. The summed E-state index contributed by atoms with van der Waals surface area (Å²) in [5, 5.41) is 31.5. The molecule has 0 spiro atoms. The Kier molecular flexibility index (Phi) is 2.24. The van der Waals surface area contributed by atoms with Gasteiger partial charge in [-0.15, -0.1) is 0 Å². The molecule has 0 bridgehead atoms. The van der Waals surface area contributed by atoms with E-state index in [1.807, 2.05) is 13.8 Å². The Labute approximate surface area is 109 Å². The summed E-state index contributed by atoms with van der Waals surface area (Å²) >= 11 is 0. The summed E-state index contributed by atoms with van der Waals surface area (Å²) in [5.41, 5.74) is -0.783. The molecule has 0 aromatic rings. The lowest BCUT2D eigenvalue weighted by atomic mass is 9.66. The summed E-state index contributed by atoms with van der Waals surface area (Å²) in [7, 11) is 0. The van der Waals surface area contributed by atoms with Crippen molar-refractivity contribution in [3.8, 4) is 0 Å². The van der Waals surface area contributed by atoms with Crippen molar-refractivity contribution in [1.82, 2.24) is 0 Å². The van der Waals surface area contributed by atoms with Crippen molar-refractivity contribution >= 4 is 0 Å². The molecule has 3 saturated carbocycles. The van der Waals surface area contributed by atoms with E-state index in [0.717, 1.165) is 12.8 Å². The van der Waals surface area contributed by atoms with Crippen LogP contribution in [0.4, 0.5) is 0 Å². The van der Waals surface area contributed by atoms with Crippen LogP contribution in [0, 0.1) is 22.7 Å². The molecule has 0 aromatic carbocycles. The van der Waals surface area contributed by atoms with Gasteiger partial charge in [0.05, 0.1) is 17.8 Å². The quantitative estimate of drug-likeness (QED) is 0.572. The largest absolute Gasteiger partial charge is 0.393 e. The van der Waals surface area contributed by atoms with Crippen molar-refractivity contribution in [1.29, 1.82) is 0 Å². The smallest absolute Gasteiger partial charge is 0.0947 e. The molecule has 0 radical (unpaired) electrons. The minimum Gasteiger partial charge on any atom is -0.393 e. The average molecular weight is 252 g/mol. The van der Waals surface area contributed by atoms with Gasteiger partial charge in [0, 0.05) is 5.92 Å². The van der Waals surface area contributed by atoms with Crippen molar-refractivity contribution in [2.24, 2.45) is 22.7 Å². The molecule has 3 nitrogen and oxygen atoms in total. The highest BCUT2D eigenvalue weighted by Gasteiger charge is 2.72. The van der Waals surface area contributed by atoms with Crippen LogP contribution >= 0.6 is 0 Å². The molecule has 0 heterocycles. The van der Waals surface area contributed by atoms with E-state index < -0.39 is 11.7 Å². The van der Waals surface area contributed by atoms with Gasteiger partial charge in [-0.3, -0.25) is 0 Å². The molecule has 3 N–H and O–H groups in total. The van der Waals surface area contributed by atoms with Crippen LogP contribution < -0.4 is 0 Å². The molecule has 18 heavy (non-hydrogen) atoms. The van der Waals surface area contributed by atoms with Crippen molar-refractivity contribution in [3.05, 3.63) is 12.2 Å². The van der Waals surface area contributed by atoms with Crippen LogP contribution in [0.2, 0.25) is 0 Å². The molecule has 3 fully saturated rings. The van der Waals surface area contributed by atoms with Gasteiger partial charge in [0.15, 0.2) is 0 Å². The number of rotatable bonds is 0. The number of hydrogen-bond acceptors (Lipinski definition) is 3. The zero-order valence-corrected chi connectivity index (χ0v) is 11.5. The fraction of sp³-hybridized carbons (Fsp3) is 0.867. The summed E-state index contributed by atoms with van der Waals surface area (Å²) in [6, 6.07) is 0. The summed E-state index contributed by atoms with van der Waals surface area (Å²) in [6.07, 6.45) is 1.27. The molecule has 3 aliphatic rings. The molecule has 6 unspecified atom stereocenters. The third-order valence-electron chi connectivity index (χ3n) is 6.16. The lowest BCUT2D eigenvalue weighted by Crippen LogP contribution is -2.48. The third-order valence-corrected chi connectivity index (χ3v) is 6.16. The predicted molar refractivity (Wildman–Crippen MR) is 68.8 cm³/mol. The molecule has 102 valence electrons. The standard InChI is InChI=1S/C15H24O3/c1-8-10(16)5-9-6-14(4)7-11(17)13(2,3)12(14)15(8,9)18/h9-12,16-18H,1,5-7H2,2-4H3. The van der Waals surface area contributed by atoms with E-state index in [9.17, 15) is 15.3 Å². The van der Waals surface area contributed by atoms with Crippen LogP contribution in [0.5, 0.6) is 0 Å². The van der Waals surface area contributed by atoms with Crippen LogP contribution in [0.15, 0.2) is 12.2 Å². The van der Waals surface area contributed by atoms with Crippen molar-refractivity contribution in [2.45, 2.75) is 57.8 Å². The number of aliphatic hydroxyl groups is 3. The molecule has 3 heteroatoms. The summed E-state index contributed by atoms with van der Waals surface area (Å²) in [4.78, 5) is 0. The van der Waals surface area contributed by atoms with Crippen LogP contribution in [-0.4, -0.2) is 33.1 Å². The van der Waals surface area contributed by atoms with E-state index in [2.05, 4.69) is 13.5 Å². The first kappa shape index (κ1) is 12.6. The third kappa shape index (κ3) is 1.16.